The average Bonchev–Trinajstić information content (AvgIpc) is 2.28. The van der Waals surface area contributed by atoms with E-state index in [9.17, 15) is 0 Å². The first kappa shape index (κ1) is 13.4. The molecule has 90 valence electrons. The molecule has 2 heteroatoms. The molecular formula is C14H21ClO. The van der Waals surface area contributed by atoms with Crippen LogP contribution in [0.3, 0.4) is 0 Å². The van der Waals surface area contributed by atoms with E-state index in [0.717, 1.165) is 5.75 Å². The summed E-state index contributed by atoms with van der Waals surface area (Å²) in [5.74, 6) is 1.97. The van der Waals surface area contributed by atoms with Gasteiger partial charge in [0, 0.05) is 0 Å². The van der Waals surface area contributed by atoms with E-state index < -0.39 is 0 Å². The van der Waals surface area contributed by atoms with Gasteiger partial charge in [0.2, 0.25) is 0 Å². The van der Waals surface area contributed by atoms with Crippen molar-refractivity contribution in [2.45, 2.75) is 33.1 Å². The van der Waals surface area contributed by atoms with Gasteiger partial charge in [-0.25, -0.2) is 0 Å². The number of benzene rings is 1. The van der Waals surface area contributed by atoms with E-state index in [1.165, 1.54) is 5.56 Å². The highest BCUT2D eigenvalue weighted by atomic mass is 35.5. The standard InChI is InChI=1S/C14H21ClO/c1-5-16-13-8-6-12(7-9-13)14(15)11(4)10(2)3/h6-11,14H,5H2,1-4H3. The molecule has 1 aromatic rings. The van der Waals surface area contributed by atoms with Crippen LogP contribution in [0.25, 0.3) is 0 Å². The summed E-state index contributed by atoms with van der Waals surface area (Å²) >= 11 is 6.44. The number of halogens is 1. The molecule has 0 aliphatic rings. The largest absolute Gasteiger partial charge is 0.494 e. The maximum absolute atomic E-state index is 6.44. The molecule has 1 aromatic carbocycles. The van der Waals surface area contributed by atoms with Crippen molar-refractivity contribution < 1.29 is 4.74 Å². The lowest BCUT2D eigenvalue weighted by Crippen LogP contribution is -2.10. The highest BCUT2D eigenvalue weighted by Gasteiger charge is 2.19. The number of rotatable bonds is 5. The van der Waals surface area contributed by atoms with E-state index in [1.807, 2.05) is 19.1 Å². The fraction of sp³-hybridized carbons (Fsp3) is 0.571. The van der Waals surface area contributed by atoms with Gasteiger partial charge in [0.15, 0.2) is 0 Å². The summed E-state index contributed by atoms with van der Waals surface area (Å²) in [5, 5.41) is 0.0793. The van der Waals surface area contributed by atoms with Crippen molar-refractivity contribution >= 4 is 11.6 Å². The molecule has 1 nitrogen and oxygen atoms in total. The summed E-state index contributed by atoms with van der Waals surface area (Å²) in [5.41, 5.74) is 1.17. The lowest BCUT2D eigenvalue weighted by Gasteiger charge is -2.22. The van der Waals surface area contributed by atoms with Gasteiger partial charge in [0.05, 0.1) is 12.0 Å². The van der Waals surface area contributed by atoms with Crippen molar-refractivity contribution in [1.82, 2.24) is 0 Å². The maximum Gasteiger partial charge on any atom is 0.119 e. The molecule has 0 aliphatic carbocycles. The van der Waals surface area contributed by atoms with Crippen LogP contribution in [0.1, 0.15) is 38.6 Å². The van der Waals surface area contributed by atoms with Crippen molar-refractivity contribution in [2.75, 3.05) is 6.61 Å². The molecule has 2 unspecified atom stereocenters. The van der Waals surface area contributed by atoms with Gasteiger partial charge in [0.25, 0.3) is 0 Å². The third-order valence-corrected chi connectivity index (χ3v) is 3.67. The minimum Gasteiger partial charge on any atom is -0.494 e. The Bertz CT molecular complexity index is 305. The molecule has 0 spiro atoms. The lowest BCUT2D eigenvalue weighted by molar-refractivity contribution is 0.340. The summed E-state index contributed by atoms with van der Waals surface area (Å²) in [6.07, 6.45) is 0. The minimum atomic E-state index is 0.0793. The second-order valence-corrected chi connectivity index (χ2v) is 4.98. The van der Waals surface area contributed by atoms with Crippen molar-refractivity contribution in [3.05, 3.63) is 29.8 Å². The topological polar surface area (TPSA) is 9.23 Å². The molecular weight excluding hydrogens is 220 g/mol. The minimum absolute atomic E-state index is 0.0793. The molecule has 0 fully saturated rings. The van der Waals surface area contributed by atoms with Crippen LogP contribution in [0, 0.1) is 11.8 Å². The van der Waals surface area contributed by atoms with E-state index in [2.05, 4.69) is 32.9 Å². The number of alkyl halides is 1. The zero-order chi connectivity index (χ0) is 12.1. The van der Waals surface area contributed by atoms with Crippen LogP contribution in [0.4, 0.5) is 0 Å². The first-order valence-electron chi connectivity index (χ1n) is 5.93. The summed E-state index contributed by atoms with van der Waals surface area (Å²) in [6.45, 7) is 9.28. The lowest BCUT2D eigenvalue weighted by atomic mass is 9.90. The molecule has 0 radical (unpaired) electrons. The van der Waals surface area contributed by atoms with E-state index >= 15 is 0 Å². The first-order valence-corrected chi connectivity index (χ1v) is 6.36. The Morgan fingerprint density at radius 1 is 1.12 bits per heavy atom. The van der Waals surface area contributed by atoms with Crippen LogP contribution in [-0.4, -0.2) is 6.61 Å². The highest BCUT2D eigenvalue weighted by molar-refractivity contribution is 6.21. The van der Waals surface area contributed by atoms with Gasteiger partial charge in [0.1, 0.15) is 5.75 Å². The molecule has 1 rings (SSSR count). The van der Waals surface area contributed by atoms with Crippen LogP contribution in [0.15, 0.2) is 24.3 Å². The quantitative estimate of drug-likeness (QED) is 0.681. The molecule has 2 atom stereocenters. The summed E-state index contributed by atoms with van der Waals surface area (Å²) < 4.78 is 5.41. The zero-order valence-electron chi connectivity index (χ0n) is 10.5. The van der Waals surface area contributed by atoms with E-state index in [1.54, 1.807) is 0 Å². The van der Waals surface area contributed by atoms with Gasteiger partial charge < -0.3 is 4.74 Å². The Balaban J connectivity index is 2.73. The van der Waals surface area contributed by atoms with Crippen LogP contribution >= 0.6 is 11.6 Å². The van der Waals surface area contributed by atoms with Gasteiger partial charge in [-0.15, -0.1) is 11.6 Å². The molecule has 16 heavy (non-hydrogen) atoms. The molecule has 0 heterocycles. The fourth-order valence-electron chi connectivity index (χ4n) is 1.56. The third-order valence-electron chi connectivity index (χ3n) is 3.02. The van der Waals surface area contributed by atoms with Crippen molar-refractivity contribution in [1.29, 1.82) is 0 Å². The van der Waals surface area contributed by atoms with E-state index in [0.29, 0.717) is 18.4 Å². The van der Waals surface area contributed by atoms with Crippen molar-refractivity contribution in [3.8, 4) is 5.75 Å². The summed E-state index contributed by atoms with van der Waals surface area (Å²) in [7, 11) is 0. The second-order valence-electron chi connectivity index (χ2n) is 4.51. The highest BCUT2D eigenvalue weighted by Crippen LogP contribution is 2.34. The molecule has 0 aliphatic heterocycles. The van der Waals surface area contributed by atoms with Crippen LogP contribution < -0.4 is 4.74 Å². The van der Waals surface area contributed by atoms with Gasteiger partial charge in [-0.05, 0) is 36.5 Å². The fourth-order valence-corrected chi connectivity index (χ4v) is 1.99. The van der Waals surface area contributed by atoms with Crippen molar-refractivity contribution in [2.24, 2.45) is 11.8 Å². The first-order chi connectivity index (χ1) is 7.56. The molecule has 0 aromatic heterocycles. The van der Waals surface area contributed by atoms with Gasteiger partial charge >= 0.3 is 0 Å². The number of ether oxygens (including phenoxy) is 1. The average molecular weight is 241 g/mol. The Morgan fingerprint density at radius 3 is 2.12 bits per heavy atom. The molecule has 0 N–H and O–H groups in total. The second kappa shape index (κ2) is 6.15. The number of hydrogen-bond donors (Lipinski definition) is 0. The van der Waals surface area contributed by atoms with Gasteiger partial charge in [-0.1, -0.05) is 32.9 Å². The Morgan fingerprint density at radius 2 is 1.69 bits per heavy atom. The zero-order valence-corrected chi connectivity index (χ0v) is 11.3. The van der Waals surface area contributed by atoms with Gasteiger partial charge in [-0.2, -0.15) is 0 Å². The monoisotopic (exact) mass is 240 g/mol. The van der Waals surface area contributed by atoms with Crippen molar-refractivity contribution in [3.63, 3.8) is 0 Å². The molecule has 0 bridgehead atoms. The SMILES string of the molecule is CCOc1ccc(C(Cl)C(C)C(C)C)cc1. The van der Waals surface area contributed by atoms with Crippen LogP contribution in [-0.2, 0) is 0 Å². The molecule has 0 amide bonds. The van der Waals surface area contributed by atoms with Crippen LogP contribution in [0.2, 0.25) is 0 Å². The number of hydrogen-bond acceptors (Lipinski definition) is 1. The smallest absolute Gasteiger partial charge is 0.119 e. The Labute approximate surface area is 104 Å². The Kier molecular flexibility index (Phi) is 5.14. The predicted octanol–water partition coefficient (Wildman–Crippen LogP) is 4.66. The summed E-state index contributed by atoms with van der Waals surface area (Å²) in [6, 6.07) is 8.09. The third kappa shape index (κ3) is 3.41. The van der Waals surface area contributed by atoms with E-state index in [4.69, 9.17) is 16.3 Å². The maximum atomic E-state index is 6.44. The normalized spacial score (nSPS) is 14.9. The Hall–Kier alpha value is -0.690. The summed E-state index contributed by atoms with van der Waals surface area (Å²) in [4.78, 5) is 0. The van der Waals surface area contributed by atoms with Crippen LogP contribution in [0.5, 0.6) is 5.75 Å². The molecule has 0 saturated heterocycles. The van der Waals surface area contributed by atoms with Gasteiger partial charge in [-0.3, -0.25) is 0 Å². The molecule has 0 saturated carbocycles. The predicted molar refractivity (Wildman–Crippen MR) is 70.2 cm³/mol. The van der Waals surface area contributed by atoms with E-state index in [-0.39, 0.29) is 5.38 Å².